The lowest BCUT2D eigenvalue weighted by atomic mass is 10.2. The predicted molar refractivity (Wildman–Crippen MR) is 129 cm³/mol. The van der Waals surface area contributed by atoms with Crippen molar-refractivity contribution in [2.45, 2.75) is 4.90 Å². The van der Waals surface area contributed by atoms with E-state index in [1.807, 2.05) is 48.6 Å². The average Bonchev–Trinajstić information content (AvgIpc) is 3.29. The van der Waals surface area contributed by atoms with E-state index in [2.05, 4.69) is 15.5 Å². The second kappa shape index (κ2) is 9.78. The number of aromatic nitrogens is 1. The molecule has 2 heterocycles. The summed E-state index contributed by atoms with van der Waals surface area (Å²) >= 11 is 1.44. The van der Waals surface area contributed by atoms with Gasteiger partial charge in [-0.15, -0.1) is 11.3 Å². The molecule has 10 heteroatoms. The fourth-order valence-electron chi connectivity index (χ4n) is 3.21. The standard InChI is InChI=1S/C22H25N5O3S2/c1-26(2)19-7-3-17(4-8-19)15-23-25-22-24-21(16-31-22)18-5-9-20(10-6-18)32(28,29)27-11-13-30-14-12-27/h3-10,15-16H,11-14H2,1-2H3,(H,24,25). The van der Waals surface area contributed by atoms with Crippen LogP contribution in [0, 0.1) is 0 Å². The van der Waals surface area contributed by atoms with Gasteiger partial charge in [0.15, 0.2) is 0 Å². The highest BCUT2D eigenvalue weighted by molar-refractivity contribution is 7.89. The summed E-state index contributed by atoms with van der Waals surface area (Å²) in [6.07, 6.45) is 1.74. The molecule has 1 aliphatic rings. The number of anilines is 2. The smallest absolute Gasteiger partial charge is 0.243 e. The minimum absolute atomic E-state index is 0.279. The first-order chi connectivity index (χ1) is 15.4. The summed E-state index contributed by atoms with van der Waals surface area (Å²) in [7, 11) is 0.502. The molecule has 4 rings (SSSR count). The highest BCUT2D eigenvalue weighted by Crippen LogP contribution is 2.27. The van der Waals surface area contributed by atoms with Gasteiger partial charge in [-0.05, 0) is 29.8 Å². The summed E-state index contributed by atoms with van der Waals surface area (Å²) in [6.45, 7) is 1.61. The molecule has 0 saturated carbocycles. The topological polar surface area (TPSA) is 87.1 Å². The minimum Gasteiger partial charge on any atom is -0.379 e. The van der Waals surface area contributed by atoms with Gasteiger partial charge in [-0.1, -0.05) is 24.3 Å². The van der Waals surface area contributed by atoms with Gasteiger partial charge in [0.2, 0.25) is 15.2 Å². The van der Waals surface area contributed by atoms with Crippen molar-refractivity contribution in [3.63, 3.8) is 0 Å². The molecule has 1 aliphatic heterocycles. The molecule has 0 amide bonds. The zero-order chi connectivity index (χ0) is 22.6. The molecule has 3 aromatic rings. The van der Waals surface area contributed by atoms with Crippen molar-refractivity contribution in [1.29, 1.82) is 0 Å². The van der Waals surface area contributed by atoms with Crippen LogP contribution in [0.1, 0.15) is 5.56 Å². The van der Waals surface area contributed by atoms with Crippen LogP contribution in [0.25, 0.3) is 11.3 Å². The number of morpholine rings is 1. The van der Waals surface area contributed by atoms with Gasteiger partial charge in [0.25, 0.3) is 0 Å². The zero-order valence-corrected chi connectivity index (χ0v) is 19.6. The lowest BCUT2D eigenvalue weighted by Gasteiger charge is -2.26. The maximum atomic E-state index is 12.8. The van der Waals surface area contributed by atoms with Gasteiger partial charge in [0.1, 0.15) is 0 Å². The number of hydrazone groups is 1. The molecule has 0 atom stereocenters. The molecule has 2 aromatic carbocycles. The predicted octanol–water partition coefficient (Wildman–Crippen LogP) is 3.34. The number of nitrogens with one attached hydrogen (secondary N) is 1. The monoisotopic (exact) mass is 471 g/mol. The van der Waals surface area contributed by atoms with Crippen LogP contribution < -0.4 is 10.3 Å². The first-order valence-corrected chi connectivity index (χ1v) is 12.5. The Bertz CT molecular complexity index is 1170. The Morgan fingerprint density at radius 1 is 1.09 bits per heavy atom. The summed E-state index contributed by atoms with van der Waals surface area (Å²) in [5, 5.41) is 6.83. The molecule has 0 radical (unpaired) electrons. The Labute approximate surface area is 192 Å². The quantitative estimate of drug-likeness (QED) is 0.420. The van der Waals surface area contributed by atoms with E-state index in [0.717, 1.165) is 22.5 Å². The third-order valence-corrected chi connectivity index (χ3v) is 7.71. The molecule has 1 saturated heterocycles. The Morgan fingerprint density at radius 3 is 2.44 bits per heavy atom. The summed E-state index contributed by atoms with van der Waals surface area (Å²) in [5.74, 6) is 0. The van der Waals surface area contributed by atoms with E-state index in [0.29, 0.717) is 31.4 Å². The van der Waals surface area contributed by atoms with Gasteiger partial charge < -0.3 is 9.64 Å². The summed E-state index contributed by atoms with van der Waals surface area (Å²) in [6, 6.07) is 14.9. The van der Waals surface area contributed by atoms with E-state index >= 15 is 0 Å². The van der Waals surface area contributed by atoms with Crippen LogP contribution in [0.3, 0.4) is 0 Å². The SMILES string of the molecule is CN(C)c1ccc(C=NNc2nc(-c3ccc(S(=O)(=O)N4CCOCC4)cc3)cs2)cc1. The number of nitrogens with zero attached hydrogens (tertiary/aromatic N) is 4. The second-order valence-corrected chi connectivity index (χ2v) is 10.2. The lowest BCUT2D eigenvalue weighted by molar-refractivity contribution is 0.0730. The van der Waals surface area contributed by atoms with Crippen molar-refractivity contribution in [2.75, 3.05) is 50.7 Å². The highest BCUT2D eigenvalue weighted by Gasteiger charge is 2.26. The minimum atomic E-state index is -3.50. The molecule has 0 bridgehead atoms. The average molecular weight is 472 g/mol. The van der Waals surface area contributed by atoms with Gasteiger partial charge >= 0.3 is 0 Å². The Hall–Kier alpha value is -2.79. The molecule has 0 spiro atoms. The van der Waals surface area contributed by atoms with E-state index in [9.17, 15) is 8.42 Å². The van der Waals surface area contributed by atoms with E-state index in [1.165, 1.54) is 15.6 Å². The number of benzene rings is 2. The van der Waals surface area contributed by atoms with Gasteiger partial charge in [0.05, 0.1) is 30.0 Å². The van der Waals surface area contributed by atoms with Crippen LogP contribution in [0.2, 0.25) is 0 Å². The van der Waals surface area contributed by atoms with Crippen molar-refractivity contribution in [3.05, 3.63) is 59.5 Å². The van der Waals surface area contributed by atoms with Crippen LogP contribution in [0.4, 0.5) is 10.8 Å². The summed E-state index contributed by atoms with van der Waals surface area (Å²) in [5.41, 5.74) is 6.67. The van der Waals surface area contributed by atoms with Crippen molar-refractivity contribution in [2.24, 2.45) is 5.10 Å². The third-order valence-electron chi connectivity index (χ3n) is 5.05. The van der Waals surface area contributed by atoms with E-state index in [4.69, 9.17) is 4.74 Å². The van der Waals surface area contributed by atoms with Gasteiger partial charge in [-0.3, -0.25) is 5.43 Å². The lowest BCUT2D eigenvalue weighted by Crippen LogP contribution is -2.40. The van der Waals surface area contributed by atoms with Crippen molar-refractivity contribution >= 4 is 38.4 Å². The number of hydrogen-bond acceptors (Lipinski definition) is 8. The summed E-state index contributed by atoms with van der Waals surface area (Å²) in [4.78, 5) is 6.86. The van der Waals surface area contributed by atoms with E-state index < -0.39 is 10.0 Å². The molecule has 32 heavy (non-hydrogen) atoms. The van der Waals surface area contributed by atoms with Gasteiger partial charge in [-0.2, -0.15) is 9.41 Å². The third kappa shape index (κ3) is 5.16. The Morgan fingerprint density at radius 2 is 1.78 bits per heavy atom. The number of hydrogen-bond donors (Lipinski definition) is 1. The van der Waals surface area contributed by atoms with Gasteiger partial charge in [-0.25, -0.2) is 13.4 Å². The second-order valence-electron chi connectivity index (χ2n) is 7.43. The number of ether oxygens (including phenoxy) is 1. The highest BCUT2D eigenvalue weighted by atomic mass is 32.2. The molecule has 1 fully saturated rings. The number of rotatable bonds is 7. The fraction of sp³-hybridized carbons (Fsp3) is 0.273. The summed E-state index contributed by atoms with van der Waals surface area (Å²) < 4.78 is 32.2. The van der Waals surface area contributed by atoms with Crippen molar-refractivity contribution in [3.8, 4) is 11.3 Å². The van der Waals surface area contributed by atoms with Gasteiger partial charge in [0, 0.05) is 43.8 Å². The molecule has 8 nitrogen and oxygen atoms in total. The maximum absolute atomic E-state index is 12.8. The normalized spacial score (nSPS) is 15.2. The van der Waals surface area contributed by atoms with Crippen LogP contribution in [-0.2, 0) is 14.8 Å². The zero-order valence-electron chi connectivity index (χ0n) is 17.9. The first kappa shape index (κ1) is 22.4. The number of thiazole rings is 1. The molecular weight excluding hydrogens is 446 g/mol. The Kier molecular flexibility index (Phi) is 6.85. The Balaban J connectivity index is 1.40. The van der Waals surface area contributed by atoms with E-state index in [1.54, 1.807) is 30.5 Å². The molecule has 1 aromatic heterocycles. The van der Waals surface area contributed by atoms with Crippen LogP contribution >= 0.6 is 11.3 Å². The van der Waals surface area contributed by atoms with Crippen molar-refractivity contribution < 1.29 is 13.2 Å². The fourth-order valence-corrected chi connectivity index (χ4v) is 5.29. The maximum Gasteiger partial charge on any atom is 0.243 e. The molecule has 0 unspecified atom stereocenters. The molecule has 168 valence electrons. The molecular formula is C22H25N5O3S2. The van der Waals surface area contributed by atoms with Crippen LogP contribution in [0.15, 0.2) is 63.9 Å². The number of sulfonamides is 1. The van der Waals surface area contributed by atoms with Crippen molar-refractivity contribution in [1.82, 2.24) is 9.29 Å². The molecule has 0 aliphatic carbocycles. The largest absolute Gasteiger partial charge is 0.379 e. The molecule has 1 N–H and O–H groups in total. The first-order valence-electron chi connectivity index (χ1n) is 10.1. The van der Waals surface area contributed by atoms with E-state index in [-0.39, 0.29) is 4.90 Å². The van der Waals surface area contributed by atoms with Crippen LogP contribution in [0.5, 0.6) is 0 Å². The van der Waals surface area contributed by atoms with Crippen LogP contribution in [-0.4, -0.2) is 64.3 Å².